The standard InChI is InChI=1S/C11H20ClN5O/c1-5-11(6-2,7-18)16-9-13-8(12)14-10(15-9)17(3)4/h18H,5-7H2,1-4H3,(H,13,14,15,16). The Morgan fingerprint density at radius 3 is 2.28 bits per heavy atom. The van der Waals surface area contributed by atoms with Gasteiger partial charge >= 0.3 is 0 Å². The van der Waals surface area contributed by atoms with Gasteiger partial charge in [-0.2, -0.15) is 15.0 Å². The smallest absolute Gasteiger partial charge is 0.230 e. The van der Waals surface area contributed by atoms with Crippen LogP contribution in [0.5, 0.6) is 0 Å². The zero-order valence-electron chi connectivity index (χ0n) is 11.2. The number of aliphatic hydroxyl groups is 1. The Labute approximate surface area is 112 Å². The van der Waals surface area contributed by atoms with Crippen LogP contribution in [0.4, 0.5) is 11.9 Å². The molecule has 0 unspecified atom stereocenters. The maximum absolute atomic E-state index is 9.51. The van der Waals surface area contributed by atoms with E-state index in [9.17, 15) is 5.11 Å². The summed E-state index contributed by atoms with van der Waals surface area (Å²) in [5.41, 5.74) is -0.422. The number of halogens is 1. The van der Waals surface area contributed by atoms with Crippen LogP contribution in [-0.4, -0.2) is 46.3 Å². The first kappa shape index (κ1) is 14.9. The van der Waals surface area contributed by atoms with Crippen molar-refractivity contribution in [2.24, 2.45) is 0 Å². The lowest BCUT2D eigenvalue weighted by Crippen LogP contribution is -2.41. The molecule has 0 fully saturated rings. The van der Waals surface area contributed by atoms with Gasteiger partial charge in [0.1, 0.15) is 0 Å². The Bertz CT molecular complexity index is 387. The molecule has 0 aliphatic rings. The van der Waals surface area contributed by atoms with Crippen LogP contribution in [0, 0.1) is 0 Å². The molecule has 1 rings (SSSR count). The minimum absolute atomic E-state index is 0.0145. The van der Waals surface area contributed by atoms with Crippen molar-refractivity contribution in [3.63, 3.8) is 0 Å². The van der Waals surface area contributed by atoms with Gasteiger partial charge in [0, 0.05) is 14.1 Å². The van der Waals surface area contributed by atoms with Crippen LogP contribution in [0.25, 0.3) is 0 Å². The minimum atomic E-state index is -0.422. The summed E-state index contributed by atoms with van der Waals surface area (Å²) in [5, 5.41) is 12.8. The second-order valence-electron chi connectivity index (χ2n) is 4.39. The quantitative estimate of drug-likeness (QED) is 0.819. The Morgan fingerprint density at radius 1 is 1.22 bits per heavy atom. The van der Waals surface area contributed by atoms with E-state index in [4.69, 9.17) is 11.6 Å². The van der Waals surface area contributed by atoms with Gasteiger partial charge in [-0.25, -0.2) is 0 Å². The number of nitrogens with zero attached hydrogens (tertiary/aromatic N) is 4. The van der Waals surface area contributed by atoms with Gasteiger partial charge < -0.3 is 15.3 Å². The fourth-order valence-corrected chi connectivity index (χ4v) is 1.68. The van der Waals surface area contributed by atoms with Crippen LogP contribution < -0.4 is 10.2 Å². The van der Waals surface area contributed by atoms with Crippen LogP contribution >= 0.6 is 11.6 Å². The van der Waals surface area contributed by atoms with E-state index in [-0.39, 0.29) is 11.9 Å². The summed E-state index contributed by atoms with van der Waals surface area (Å²) in [6.07, 6.45) is 1.53. The molecule has 18 heavy (non-hydrogen) atoms. The first-order valence-corrected chi connectivity index (χ1v) is 6.32. The Kier molecular flexibility index (Phi) is 5.10. The molecule has 1 aromatic rings. The van der Waals surface area contributed by atoms with Crippen LogP contribution in [0.15, 0.2) is 0 Å². The molecule has 0 saturated carbocycles. The van der Waals surface area contributed by atoms with Crippen LogP contribution in [0.3, 0.4) is 0 Å². The van der Waals surface area contributed by atoms with Gasteiger partial charge in [0.25, 0.3) is 0 Å². The fourth-order valence-electron chi connectivity index (χ4n) is 1.52. The van der Waals surface area contributed by atoms with Crippen molar-refractivity contribution in [2.45, 2.75) is 32.2 Å². The molecule has 0 aliphatic carbocycles. The first-order chi connectivity index (χ1) is 8.46. The highest BCUT2D eigenvalue weighted by molar-refractivity contribution is 6.28. The molecule has 0 bridgehead atoms. The molecular weight excluding hydrogens is 254 g/mol. The van der Waals surface area contributed by atoms with Gasteiger partial charge in [-0.1, -0.05) is 13.8 Å². The predicted octanol–water partition coefficient (Wildman–Crippen LogP) is 1.55. The molecule has 1 aromatic heterocycles. The lowest BCUT2D eigenvalue weighted by atomic mass is 9.94. The number of hydrogen-bond donors (Lipinski definition) is 2. The molecule has 1 heterocycles. The van der Waals surface area contributed by atoms with E-state index in [1.54, 1.807) is 4.90 Å². The van der Waals surface area contributed by atoms with E-state index < -0.39 is 5.54 Å². The second-order valence-corrected chi connectivity index (χ2v) is 4.73. The number of aromatic nitrogens is 3. The molecule has 0 radical (unpaired) electrons. The Hall–Kier alpha value is -1.14. The summed E-state index contributed by atoms with van der Waals surface area (Å²) in [5.74, 6) is 0.869. The molecule has 0 amide bonds. The number of rotatable bonds is 6. The topological polar surface area (TPSA) is 74.2 Å². The number of aliphatic hydroxyl groups excluding tert-OH is 1. The fraction of sp³-hybridized carbons (Fsp3) is 0.727. The number of hydrogen-bond acceptors (Lipinski definition) is 6. The van der Waals surface area contributed by atoms with Crippen LogP contribution in [0.2, 0.25) is 5.28 Å². The van der Waals surface area contributed by atoms with Crippen molar-refractivity contribution < 1.29 is 5.11 Å². The van der Waals surface area contributed by atoms with Crippen molar-refractivity contribution in [2.75, 3.05) is 30.9 Å². The van der Waals surface area contributed by atoms with Crippen molar-refractivity contribution in [1.82, 2.24) is 15.0 Å². The van der Waals surface area contributed by atoms with Crippen molar-refractivity contribution >= 4 is 23.5 Å². The third kappa shape index (κ3) is 3.43. The highest BCUT2D eigenvalue weighted by atomic mass is 35.5. The molecule has 6 nitrogen and oxygen atoms in total. The molecule has 0 atom stereocenters. The summed E-state index contributed by atoms with van der Waals surface area (Å²) >= 11 is 5.86. The van der Waals surface area contributed by atoms with Gasteiger partial charge in [0.05, 0.1) is 12.1 Å². The maximum Gasteiger partial charge on any atom is 0.230 e. The monoisotopic (exact) mass is 273 g/mol. The van der Waals surface area contributed by atoms with E-state index in [1.165, 1.54) is 0 Å². The zero-order valence-corrected chi connectivity index (χ0v) is 12.0. The normalized spacial score (nSPS) is 11.4. The summed E-state index contributed by atoms with van der Waals surface area (Å²) in [6, 6.07) is 0. The molecule has 0 saturated heterocycles. The Morgan fingerprint density at radius 2 is 1.83 bits per heavy atom. The predicted molar refractivity (Wildman–Crippen MR) is 73.2 cm³/mol. The third-order valence-electron chi connectivity index (χ3n) is 3.03. The summed E-state index contributed by atoms with van der Waals surface area (Å²) in [4.78, 5) is 14.1. The number of nitrogens with one attached hydrogen (secondary N) is 1. The molecular formula is C11H20ClN5O. The summed E-state index contributed by atoms with van der Waals surface area (Å²) in [7, 11) is 3.66. The maximum atomic E-state index is 9.51. The van der Waals surface area contributed by atoms with Gasteiger partial charge in [-0.05, 0) is 24.4 Å². The molecule has 102 valence electrons. The van der Waals surface area contributed by atoms with Gasteiger partial charge in [0.2, 0.25) is 17.2 Å². The van der Waals surface area contributed by atoms with Crippen LogP contribution in [0.1, 0.15) is 26.7 Å². The average Bonchev–Trinajstić information content (AvgIpc) is 2.35. The zero-order chi connectivity index (χ0) is 13.8. The molecule has 0 aliphatic heterocycles. The summed E-state index contributed by atoms with van der Waals surface area (Å²) in [6.45, 7) is 4.02. The lowest BCUT2D eigenvalue weighted by molar-refractivity contribution is 0.201. The highest BCUT2D eigenvalue weighted by Gasteiger charge is 2.26. The van der Waals surface area contributed by atoms with E-state index in [1.807, 2.05) is 27.9 Å². The van der Waals surface area contributed by atoms with Crippen molar-refractivity contribution in [1.29, 1.82) is 0 Å². The second kappa shape index (κ2) is 6.15. The van der Waals surface area contributed by atoms with E-state index >= 15 is 0 Å². The number of anilines is 2. The molecule has 0 spiro atoms. The molecule has 0 aromatic carbocycles. The minimum Gasteiger partial charge on any atom is -0.394 e. The third-order valence-corrected chi connectivity index (χ3v) is 3.20. The Balaban J connectivity index is 3.03. The largest absolute Gasteiger partial charge is 0.394 e. The van der Waals surface area contributed by atoms with Crippen LogP contribution in [-0.2, 0) is 0 Å². The highest BCUT2D eigenvalue weighted by Crippen LogP contribution is 2.21. The van der Waals surface area contributed by atoms with Gasteiger partial charge in [0.15, 0.2) is 0 Å². The van der Waals surface area contributed by atoms with E-state index in [0.717, 1.165) is 12.8 Å². The summed E-state index contributed by atoms with van der Waals surface area (Å²) < 4.78 is 0. The lowest BCUT2D eigenvalue weighted by Gasteiger charge is -2.30. The van der Waals surface area contributed by atoms with Gasteiger partial charge in [-0.3, -0.25) is 0 Å². The van der Waals surface area contributed by atoms with Gasteiger partial charge in [-0.15, -0.1) is 0 Å². The molecule has 7 heteroatoms. The van der Waals surface area contributed by atoms with E-state index in [0.29, 0.717) is 11.9 Å². The average molecular weight is 274 g/mol. The van der Waals surface area contributed by atoms with Crippen molar-refractivity contribution in [3.8, 4) is 0 Å². The molecule has 2 N–H and O–H groups in total. The van der Waals surface area contributed by atoms with Crippen molar-refractivity contribution in [3.05, 3.63) is 5.28 Å². The van der Waals surface area contributed by atoms with E-state index in [2.05, 4.69) is 20.3 Å². The SMILES string of the molecule is CCC(CC)(CO)Nc1nc(Cl)nc(N(C)C)n1. The first-order valence-electron chi connectivity index (χ1n) is 5.94.